The van der Waals surface area contributed by atoms with Crippen LogP contribution in [0.1, 0.15) is 25.3 Å². The lowest BCUT2D eigenvalue weighted by Crippen LogP contribution is -2.31. The number of rotatable bonds is 7. The summed E-state index contributed by atoms with van der Waals surface area (Å²) in [6.07, 6.45) is 1.10. The van der Waals surface area contributed by atoms with Gasteiger partial charge in [0.25, 0.3) is 0 Å². The van der Waals surface area contributed by atoms with E-state index in [1.807, 2.05) is 18.2 Å². The normalized spacial score (nSPS) is 12.4. The van der Waals surface area contributed by atoms with Crippen molar-refractivity contribution in [3.05, 3.63) is 35.9 Å². The van der Waals surface area contributed by atoms with Gasteiger partial charge in [-0.25, -0.2) is 0 Å². The molecule has 1 atom stereocenters. The van der Waals surface area contributed by atoms with Crippen LogP contribution < -0.4 is 0 Å². The van der Waals surface area contributed by atoms with Crippen LogP contribution in [0.2, 0.25) is 0 Å². The van der Waals surface area contributed by atoms with E-state index in [1.165, 1.54) is 5.56 Å². The Morgan fingerprint density at radius 3 is 2.65 bits per heavy atom. The second kappa shape index (κ2) is 7.83. The topological polar surface area (TPSA) is 47.3 Å². The molecule has 0 aliphatic heterocycles. The quantitative estimate of drug-likeness (QED) is 0.733. The number of benzene rings is 1. The number of hydrogen-bond donors (Lipinski definition) is 1. The summed E-state index contributed by atoms with van der Waals surface area (Å²) in [5.74, 6) is 0. The summed E-state index contributed by atoms with van der Waals surface area (Å²) in [4.78, 5) is 2.19. The summed E-state index contributed by atoms with van der Waals surface area (Å²) in [5, 5.41) is 18.0. The number of nitriles is 1. The molecule has 0 fully saturated rings. The Kier molecular flexibility index (Phi) is 6.31. The smallest absolute Gasteiger partial charge is 0.0639 e. The molecule has 1 aromatic carbocycles. The minimum absolute atomic E-state index is 0.333. The van der Waals surface area contributed by atoms with Crippen molar-refractivity contribution < 1.29 is 5.11 Å². The summed E-state index contributed by atoms with van der Waals surface area (Å²) < 4.78 is 0. The van der Waals surface area contributed by atoms with Gasteiger partial charge in [0, 0.05) is 19.5 Å². The maximum Gasteiger partial charge on any atom is 0.0639 e. The minimum Gasteiger partial charge on any atom is -0.392 e. The van der Waals surface area contributed by atoms with E-state index in [0.29, 0.717) is 13.0 Å². The SMILES string of the molecule is C[C@H](O)CN(CCCC#N)Cc1ccccc1. The molecule has 0 amide bonds. The number of nitrogens with zero attached hydrogens (tertiary/aromatic N) is 2. The Hall–Kier alpha value is -1.37. The summed E-state index contributed by atoms with van der Waals surface area (Å²) in [6.45, 7) is 4.13. The summed E-state index contributed by atoms with van der Waals surface area (Å²) in [6, 6.07) is 12.4. The van der Waals surface area contributed by atoms with Crippen molar-refractivity contribution in [1.29, 1.82) is 5.26 Å². The van der Waals surface area contributed by atoms with E-state index < -0.39 is 0 Å². The Bertz CT molecular complexity index is 343. The van der Waals surface area contributed by atoms with Crippen molar-refractivity contribution in [3.63, 3.8) is 0 Å². The fourth-order valence-corrected chi connectivity index (χ4v) is 1.83. The van der Waals surface area contributed by atoms with E-state index in [9.17, 15) is 5.11 Å². The van der Waals surface area contributed by atoms with Gasteiger partial charge in [0.1, 0.15) is 0 Å². The van der Waals surface area contributed by atoms with Gasteiger partial charge in [-0.2, -0.15) is 5.26 Å². The van der Waals surface area contributed by atoms with E-state index in [1.54, 1.807) is 6.92 Å². The van der Waals surface area contributed by atoms with E-state index >= 15 is 0 Å². The Morgan fingerprint density at radius 1 is 1.35 bits per heavy atom. The van der Waals surface area contributed by atoms with Crippen molar-refractivity contribution in [3.8, 4) is 6.07 Å². The molecule has 0 aromatic heterocycles. The first-order chi connectivity index (χ1) is 8.22. The van der Waals surface area contributed by atoms with E-state index in [-0.39, 0.29) is 6.10 Å². The molecule has 3 nitrogen and oxygen atoms in total. The Morgan fingerprint density at radius 2 is 2.06 bits per heavy atom. The third-order valence-electron chi connectivity index (χ3n) is 2.53. The number of hydrogen-bond acceptors (Lipinski definition) is 3. The van der Waals surface area contributed by atoms with Gasteiger partial charge < -0.3 is 5.11 Å². The molecule has 0 radical (unpaired) electrons. The lowest BCUT2D eigenvalue weighted by Gasteiger charge is -2.23. The molecular formula is C14H20N2O. The number of unbranched alkanes of at least 4 members (excludes halogenated alkanes) is 1. The molecule has 0 saturated carbocycles. The third-order valence-corrected chi connectivity index (χ3v) is 2.53. The van der Waals surface area contributed by atoms with E-state index in [2.05, 4.69) is 23.1 Å². The molecule has 1 N–H and O–H groups in total. The molecule has 0 bridgehead atoms. The van der Waals surface area contributed by atoms with Gasteiger partial charge in [0.05, 0.1) is 12.2 Å². The van der Waals surface area contributed by atoms with Crippen LogP contribution in [0.15, 0.2) is 30.3 Å². The van der Waals surface area contributed by atoms with Gasteiger partial charge in [-0.3, -0.25) is 4.90 Å². The second-order valence-corrected chi connectivity index (χ2v) is 4.33. The fourth-order valence-electron chi connectivity index (χ4n) is 1.83. The maximum absolute atomic E-state index is 9.45. The molecule has 0 unspecified atom stereocenters. The number of aliphatic hydroxyl groups is 1. The van der Waals surface area contributed by atoms with Crippen LogP contribution in [0.5, 0.6) is 0 Å². The zero-order chi connectivity index (χ0) is 12.5. The van der Waals surface area contributed by atoms with Gasteiger partial charge in [-0.15, -0.1) is 0 Å². The highest BCUT2D eigenvalue weighted by Crippen LogP contribution is 2.06. The molecular weight excluding hydrogens is 212 g/mol. The average Bonchev–Trinajstić information content (AvgIpc) is 2.30. The van der Waals surface area contributed by atoms with Gasteiger partial charge >= 0.3 is 0 Å². The molecule has 1 rings (SSSR count). The van der Waals surface area contributed by atoms with Crippen molar-refractivity contribution in [2.75, 3.05) is 13.1 Å². The molecule has 0 saturated heterocycles. The van der Waals surface area contributed by atoms with Gasteiger partial charge in [0.15, 0.2) is 0 Å². The van der Waals surface area contributed by atoms with Crippen molar-refractivity contribution in [2.24, 2.45) is 0 Å². The zero-order valence-corrected chi connectivity index (χ0v) is 10.3. The van der Waals surface area contributed by atoms with Crippen molar-refractivity contribution >= 4 is 0 Å². The predicted octanol–water partition coefficient (Wildman–Crippen LogP) is 2.17. The molecule has 0 aliphatic rings. The maximum atomic E-state index is 9.45. The van der Waals surface area contributed by atoms with E-state index in [4.69, 9.17) is 5.26 Å². The molecule has 0 spiro atoms. The minimum atomic E-state index is -0.333. The standard InChI is InChI=1S/C14H20N2O/c1-13(17)11-16(10-6-5-9-15)12-14-7-3-2-4-8-14/h2-4,7-8,13,17H,5-6,10-12H2,1H3/t13-/m0/s1. The van der Waals surface area contributed by atoms with Gasteiger partial charge in [0.2, 0.25) is 0 Å². The first-order valence-corrected chi connectivity index (χ1v) is 6.03. The van der Waals surface area contributed by atoms with Crippen LogP contribution in [0.3, 0.4) is 0 Å². The Labute approximate surface area is 103 Å². The lowest BCUT2D eigenvalue weighted by atomic mass is 10.2. The highest BCUT2D eigenvalue weighted by molar-refractivity contribution is 5.14. The van der Waals surface area contributed by atoms with Crippen LogP contribution in [0.25, 0.3) is 0 Å². The van der Waals surface area contributed by atoms with Gasteiger partial charge in [-0.1, -0.05) is 30.3 Å². The molecule has 1 aromatic rings. The molecule has 0 heterocycles. The van der Waals surface area contributed by atoms with Crippen LogP contribution in [-0.2, 0) is 6.54 Å². The first kappa shape index (κ1) is 13.7. The Balaban J connectivity index is 2.48. The highest BCUT2D eigenvalue weighted by atomic mass is 16.3. The average molecular weight is 232 g/mol. The molecule has 3 heteroatoms. The predicted molar refractivity (Wildman–Crippen MR) is 68.2 cm³/mol. The second-order valence-electron chi connectivity index (χ2n) is 4.33. The highest BCUT2D eigenvalue weighted by Gasteiger charge is 2.08. The van der Waals surface area contributed by atoms with Crippen LogP contribution in [0.4, 0.5) is 0 Å². The number of aliphatic hydroxyl groups excluding tert-OH is 1. The van der Waals surface area contributed by atoms with Crippen LogP contribution in [-0.4, -0.2) is 29.2 Å². The van der Waals surface area contributed by atoms with E-state index in [0.717, 1.165) is 19.5 Å². The van der Waals surface area contributed by atoms with Gasteiger partial charge in [-0.05, 0) is 25.5 Å². The molecule has 92 valence electrons. The summed E-state index contributed by atoms with van der Waals surface area (Å²) in [5.41, 5.74) is 1.24. The summed E-state index contributed by atoms with van der Waals surface area (Å²) >= 11 is 0. The summed E-state index contributed by atoms with van der Waals surface area (Å²) in [7, 11) is 0. The molecule has 17 heavy (non-hydrogen) atoms. The fraction of sp³-hybridized carbons (Fsp3) is 0.500. The van der Waals surface area contributed by atoms with Crippen molar-refractivity contribution in [2.45, 2.75) is 32.4 Å². The largest absolute Gasteiger partial charge is 0.392 e. The zero-order valence-electron chi connectivity index (χ0n) is 10.3. The first-order valence-electron chi connectivity index (χ1n) is 6.03. The molecule has 0 aliphatic carbocycles. The lowest BCUT2D eigenvalue weighted by molar-refractivity contribution is 0.122. The van der Waals surface area contributed by atoms with Crippen LogP contribution in [0, 0.1) is 11.3 Å². The van der Waals surface area contributed by atoms with Crippen LogP contribution >= 0.6 is 0 Å². The van der Waals surface area contributed by atoms with Crippen molar-refractivity contribution in [1.82, 2.24) is 4.90 Å². The monoisotopic (exact) mass is 232 g/mol. The third kappa shape index (κ3) is 6.06.